The number of para-hydroxylation sites is 1. The Morgan fingerprint density at radius 1 is 1.44 bits per heavy atom. The van der Waals surface area contributed by atoms with Crippen molar-refractivity contribution < 1.29 is 4.92 Å². The van der Waals surface area contributed by atoms with Crippen molar-refractivity contribution in [2.45, 2.75) is 13.5 Å². The van der Waals surface area contributed by atoms with Gasteiger partial charge in [-0.1, -0.05) is 23.5 Å². The fraction of sp³-hybridized carbons (Fsp3) is 0.273. The van der Waals surface area contributed by atoms with Crippen LogP contribution in [0.25, 0.3) is 10.6 Å². The summed E-state index contributed by atoms with van der Waals surface area (Å²) in [5.41, 5.74) is 1.26. The van der Waals surface area contributed by atoms with Gasteiger partial charge in [0.2, 0.25) is 0 Å². The van der Waals surface area contributed by atoms with Gasteiger partial charge in [0.1, 0.15) is 5.01 Å². The minimum absolute atomic E-state index is 0.102. The zero-order valence-corrected chi connectivity index (χ0v) is 10.8. The van der Waals surface area contributed by atoms with E-state index in [1.807, 2.05) is 7.05 Å². The van der Waals surface area contributed by atoms with Crippen molar-refractivity contribution in [3.05, 3.63) is 38.9 Å². The van der Waals surface area contributed by atoms with Crippen LogP contribution in [-0.2, 0) is 6.54 Å². The summed E-state index contributed by atoms with van der Waals surface area (Å²) in [7, 11) is 1.82. The standard InChI is InChI=1S/C11H12N4O2S/c1-7-4-3-5-8(10(7)15(16)17)11-14-13-9(18-11)6-12-2/h3-5,12H,6H2,1-2H3. The van der Waals surface area contributed by atoms with Crippen LogP contribution in [0.2, 0.25) is 0 Å². The van der Waals surface area contributed by atoms with Crippen LogP contribution >= 0.6 is 11.3 Å². The molecule has 0 unspecified atom stereocenters. The van der Waals surface area contributed by atoms with Gasteiger partial charge >= 0.3 is 0 Å². The SMILES string of the molecule is CNCc1nnc(-c2cccc(C)c2[N+](=O)[O-])s1. The first-order valence-electron chi connectivity index (χ1n) is 5.35. The molecule has 2 aromatic rings. The van der Waals surface area contributed by atoms with Crippen molar-refractivity contribution >= 4 is 17.0 Å². The largest absolute Gasteiger partial charge is 0.313 e. The average molecular weight is 264 g/mol. The average Bonchev–Trinajstić information content (AvgIpc) is 2.77. The van der Waals surface area contributed by atoms with E-state index in [0.717, 1.165) is 5.01 Å². The third-order valence-corrected chi connectivity index (χ3v) is 3.40. The molecule has 1 heterocycles. The molecule has 1 N–H and O–H groups in total. The van der Waals surface area contributed by atoms with Gasteiger partial charge in [-0.15, -0.1) is 10.2 Å². The fourth-order valence-electron chi connectivity index (χ4n) is 1.66. The Hall–Kier alpha value is -1.86. The molecule has 0 bridgehead atoms. The summed E-state index contributed by atoms with van der Waals surface area (Å²) in [5, 5.41) is 23.5. The minimum Gasteiger partial charge on any atom is -0.313 e. The lowest BCUT2D eigenvalue weighted by Crippen LogP contribution is -2.04. The van der Waals surface area contributed by atoms with Crippen molar-refractivity contribution in [2.75, 3.05) is 7.05 Å². The highest BCUT2D eigenvalue weighted by molar-refractivity contribution is 7.14. The fourth-order valence-corrected chi connectivity index (χ4v) is 2.54. The first-order valence-corrected chi connectivity index (χ1v) is 6.16. The molecular weight excluding hydrogens is 252 g/mol. The van der Waals surface area contributed by atoms with Gasteiger partial charge in [-0.25, -0.2) is 0 Å². The second-order valence-electron chi connectivity index (χ2n) is 3.76. The second kappa shape index (κ2) is 5.19. The van der Waals surface area contributed by atoms with Crippen molar-refractivity contribution in [3.63, 3.8) is 0 Å². The molecule has 2 rings (SSSR count). The van der Waals surface area contributed by atoms with Crippen LogP contribution in [0.4, 0.5) is 5.69 Å². The van der Waals surface area contributed by atoms with E-state index in [1.165, 1.54) is 11.3 Å². The number of nitro benzene ring substituents is 1. The van der Waals surface area contributed by atoms with E-state index in [9.17, 15) is 10.1 Å². The van der Waals surface area contributed by atoms with E-state index < -0.39 is 0 Å². The van der Waals surface area contributed by atoms with E-state index in [-0.39, 0.29) is 10.6 Å². The molecule has 94 valence electrons. The third kappa shape index (κ3) is 2.36. The molecule has 0 fully saturated rings. The van der Waals surface area contributed by atoms with Gasteiger partial charge in [0.15, 0.2) is 5.01 Å². The maximum atomic E-state index is 11.1. The number of rotatable bonds is 4. The maximum Gasteiger partial charge on any atom is 0.282 e. The monoisotopic (exact) mass is 264 g/mol. The van der Waals surface area contributed by atoms with Crippen molar-refractivity contribution in [1.29, 1.82) is 0 Å². The number of aryl methyl sites for hydroxylation is 1. The van der Waals surface area contributed by atoms with E-state index in [4.69, 9.17) is 0 Å². The summed E-state index contributed by atoms with van der Waals surface area (Å²) in [6.07, 6.45) is 0. The molecule has 0 saturated heterocycles. The van der Waals surface area contributed by atoms with Crippen LogP contribution in [0, 0.1) is 17.0 Å². The highest BCUT2D eigenvalue weighted by Crippen LogP contribution is 2.34. The highest BCUT2D eigenvalue weighted by atomic mass is 32.1. The maximum absolute atomic E-state index is 11.1. The van der Waals surface area contributed by atoms with Gasteiger partial charge in [0.25, 0.3) is 5.69 Å². The highest BCUT2D eigenvalue weighted by Gasteiger charge is 2.20. The smallest absolute Gasteiger partial charge is 0.282 e. The summed E-state index contributed by atoms with van der Waals surface area (Å²) in [5.74, 6) is 0. The summed E-state index contributed by atoms with van der Waals surface area (Å²) in [6, 6.07) is 5.21. The Balaban J connectivity index is 2.49. The van der Waals surface area contributed by atoms with Crippen molar-refractivity contribution in [2.24, 2.45) is 0 Å². The van der Waals surface area contributed by atoms with Crippen LogP contribution in [0.1, 0.15) is 10.6 Å². The van der Waals surface area contributed by atoms with Gasteiger partial charge in [0.05, 0.1) is 10.5 Å². The molecule has 1 aromatic heterocycles. The molecule has 0 aliphatic rings. The lowest BCUT2D eigenvalue weighted by Gasteiger charge is -2.01. The van der Waals surface area contributed by atoms with E-state index in [0.29, 0.717) is 22.7 Å². The normalized spacial score (nSPS) is 10.6. The number of aromatic nitrogens is 2. The van der Waals surface area contributed by atoms with Crippen molar-refractivity contribution in [3.8, 4) is 10.6 Å². The van der Waals surface area contributed by atoms with Crippen molar-refractivity contribution in [1.82, 2.24) is 15.5 Å². The quantitative estimate of drug-likeness (QED) is 0.676. The molecule has 1 aromatic carbocycles. The first kappa shape index (κ1) is 12.6. The Kier molecular flexibility index (Phi) is 3.63. The summed E-state index contributed by atoms with van der Waals surface area (Å²) in [6.45, 7) is 2.33. The zero-order chi connectivity index (χ0) is 13.1. The van der Waals surface area contributed by atoms with Gasteiger partial charge in [-0.2, -0.15) is 0 Å². The van der Waals surface area contributed by atoms with Gasteiger partial charge in [-0.3, -0.25) is 10.1 Å². The molecule has 7 heteroatoms. The Bertz CT molecular complexity index is 582. The molecule has 0 aliphatic heterocycles. The van der Waals surface area contributed by atoms with Crippen LogP contribution in [0.15, 0.2) is 18.2 Å². The zero-order valence-electron chi connectivity index (χ0n) is 10.0. The number of hydrogen-bond acceptors (Lipinski definition) is 6. The van der Waals surface area contributed by atoms with E-state index >= 15 is 0 Å². The lowest BCUT2D eigenvalue weighted by atomic mass is 10.1. The molecule has 18 heavy (non-hydrogen) atoms. The molecular formula is C11H12N4O2S. The molecule has 6 nitrogen and oxygen atoms in total. The summed E-state index contributed by atoms with van der Waals surface area (Å²) < 4.78 is 0. The van der Waals surface area contributed by atoms with E-state index in [2.05, 4.69) is 15.5 Å². The second-order valence-corrected chi connectivity index (χ2v) is 4.82. The molecule has 0 atom stereocenters. The van der Waals surface area contributed by atoms with Gasteiger partial charge in [0, 0.05) is 12.1 Å². The Morgan fingerprint density at radius 3 is 2.89 bits per heavy atom. The number of nitrogens with zero attached hydrogens (tertiary/aromatic N) is 3. The lowest BCUT2D eigenvalue weighted by molar-refractivity contribution is -0.384. The topological polar surface area (TPSA) is 81.0 Å². The van der Waals surface area contributed by atoms with Gasteiger partial charge < -0.3 is 5.32 Å². The van der Waals surface area contributed by atoms with Crippen LogP contribution < -0.4 is 5.32 Å². The van der Waals surface area contributed by atoms with Crippen LogP contribution in [0.3, 0.4) is 0 Å². The first-order chi connectivity index (χ1) is 8.63. The van der Waals surface area contributed by atoms with E-state index in [1.54, 1.807) is 25.1 Å². The van der Waals surface area contributed by atoms with Gasteiger partial charge in [-0.05, 0) is 20.0 Å². The Labute approximate surface area is 108 Å². The number of nitro groups is 1. The number of benzene rings is 1. The number of hydrogen-bond donors (Lipinski definition) is 1. The summed E-state index contributed by atoms with van der Waals surface area (Å²) in [4.78, 5) is 10.7. The molecule has 0 saturated carbocycles. The minimum atomic E-state index is -0.371. The molecule has 0 spiro atoms. The molecule has 0 aliphatic carbocycles. The molecule has 0 amide bonds. The molecule has 0 radical (unpaired) electrons. The number of nitrogens with one attached hydrogen (secondary N) is 1. The predicted molar refractivity (Wildman–Crippen MR) is 69.5 cm³/mol. The Morgan fingerprint density at radius 2 is 2.22 bits per heavy atom. The van der Waals surface area contributed by atoms with Crippen LogP contribution in [-0.4, -0.2) is 22.2 Å². The third-order valence-electron chi connectivity index (χ3n) is 2.45. The predicted octanol–water partition coefficient (Wildman–Crippen LogP) is 2.14. The van der Waals surface area contributed by atoms with Crippen LogP contribution in [0.5, 0.6) is 0 Å². The summed E-state index contributed by atoms with van der Waals surface area (Å²) >= 11 is 1.36.